The smallest absolute Gasteiger partial charge is 0.227 e. The number of para-hydroxylation sites is 1. The largest absolute Gasteiger partial charge is 0.366 e. The fourth-order valence-corrected chi connectivity index (χ4v) is 4.65. The van der Waals surface area contributed by atoms with Crippen LogP contribution in [0.25, 0.3) is 0 Å². The van der Waals surface area contributed by atoms with E-state index in [2.05, 4.69) is 45.1 Å². The summed E-state index contributed by atoms with van der Waals surface area (Å²) >= 11 is 3.48. The van der Waals surface area contributed by atoms with Crippen LogP contribution < -0.4 is 4.90 Å². The Morgan fingerprint density at radius 3 is 2.45 bits per heavy atom. The van der Waals surface area contributed by atoms with Crippen LogP contribution >= 0.6 is 15.9 Å². The Hall–Kier alpha value is -1.92. The molecule has 2 saturated heterocycles. The van der Waals surface area contributed by atoms with E-state index in [0.717, 1.165) is 36.9 Å². The second kappa shape index (κ2) is 9.26. The van der Waals surface area contributed by atoms with Crippen LogP contribution in [-0.2, 0) is 11.3 Å². The number of hydrogen-bond acceptors (Lipinski definition) is 3. The number of nitrogens with zero attached hydrogens (tertiary/aromatic N) is 3. The summed E-state index contributed by atoms with van der Waals surface area (Å²) in [6.07, 6.45) is 2.02. The molecule has 0 radical (unpaired) electrons. The summed E-state index contributed by atoms with van der Waals surface area (Å²) in [7, 11) is 0. The van der Waals surface area contributed by atoms with Crippen LogP contribution in [0.1, 0.15) is 18.4 Å². The molecule has 0 spiro atoms. The quantitative estimate of drug-likeness (QED) is 0.686. The molecule has 2 aliphatic heterocycles. The minimum Gasteiger partial charge on any atom is -0.366 e. The van der Waals surface area contributed by atoms with Gasteiger partial charge in [0.1, 0.15) is 5.82 Å². The number of piperidine rings is 1. The fraction of sp³-hybridized carbons (Fsp3) is 0.435. The van der Waals surface area contributed by atoms with Crippen molar-refractivity contribution in [3.63, 3.8) is 0 Å². The molecule has 4 nitrogen and oxygen atoms in total. The number of piperazine rings is 1. The molecule has 6 heteroatoms. The van der Waals surface area contributed by atoms with Gasteiger partial charge in [-0.15, -0.1) is 0 Å². The number of anilines is 1. The van der Waals surface area contributed by atoms with Crippen LogP contribution in [0.15, 0.2) is 53.0 Å². The first kappa shape index (κ1) is 20.4. The van der Waals surface area contributed by atoms with E-state index in [0.29, 0.717) is 31.9 Å². The van der Waals surface area contributed by atoms with Crippen LogP contribution in [0.4, 0.5) is 10.1 Å². The standard InChI is InChI=1S/C23H27BrFN3O/c24-20-9-7-18(8-10-20)16-26-11-3-4-19(17-26)23(29)28-14-12-27(13-15-28)22-6-2-1-5-21(22)25/h1-2,5-10,19H,3-4,11-17H2. The summed E-state index contributed by atoms with van der Waals surface area (Å²) in [5.41, 5.74) is 1.91. The lowest BCUT2D eigenvalue weighted by Gasteiger charge is -2.39. The average Bonchev–Trinajstić information content (AvgIpc) is 2.76. The van der Waals surface area contributed by atoms with Gasteiger partial charge in [0.05, 0.1) is 11.6 Å². The zero-order valence-electron chi connectivity index (χ0n) is 16.6. The molecule has 1 unspecified atom stereocenters. The Bertz CT molecular complexity index is 836. The highest BCUT2D eigenvalue weighted by atomic mass is 79.9. The maximum absolute atomic E-state index is 14.0. The molecule has 154 valence electrons. The normalized spacial score (nSPS) is 20.7. The van der Waals surface area contributed by atoms with E-state index in [4.69, 9.17) is 0 Å². The highest BCUT2D eigenvalue weighted by Crippen LogP contribution is 2.24. The van der Waals surface area contributed by atoms with E-state index >= 15 is 0 Å². The van der Waals surface area contributed by atoms with Crippen molar-refractivity contribution in [1.29, 1.82) is 0 Å². The van der Waals surface area contributed by atoms with E-state index in [1.54, 1.807) is 6.07 Å². The van der Waals surface area contributed by atoms with Crippen LogP contribution in [0.2, 0.25) is 0 Å². The first-order valence-corrected chi connectivity index (χ1v) is 11.1. The lowest BCUT2D eigenvalue weighted by molar-refractivity contribution is -0.137. The summed E-state index contributed by atoms with van der Waals surface area (Å²) in [4.78, 5) is 19.5. The second-order valence-electron chi connectivity index (χ2n) is 7.96. The van der Waals surface area contributed by atoms with Gasteiger partial charge in [-0.1, -0.05) is 40.2 Å². The van der Waals surface area contributed by atoms with Crippen molar-refractivity contribution in [3.05, 3.63) is 64.4 Å². The van der Waals surface area contributed by atoms with Crippen molar-refractivity contribution in [2.75, 3.05) is 44.2 Å². The second-order valence-corrected chi connectivity index (χ2v) is 8.88. The number of likely N-dealkylation sites (tertiary alicyclic amines) is 1. The van der Waals surface area contributed by atoms with Crippen molar-refractivity contribution < 1.29 is 9.18 Å². The van der Waals surface area contributed by atoms with Gasteiger partial charge >= 0.3 is 0 Å². The van der Waals surface area contributed by atoms with Gasteiger partial charge in [0, 0.05) is 43.7 Å². The molecule has 0 aromatic heterocycles. The number of carbonyl (C=O) groups is 1. The number of benzene rings is 2. The molecule has 1 atom stereocenters. The first-order chi connectivity index (χ1) is 14.1. The lowest BCUT2D eigenvalue weighted by Crippen LogP contribution is -2.52. The highest BCUT2D eigenvalue weighted by molar-refractivity contribution is 9.10. The van der Waals surface area contributed by atoms with Gasteiger partial charge in [-0.3, -0.25) is 9.69 Å². The van der Waals surface area contributed by atoms with Crippen molar-refractivity contribution in [3.8, 4) is 0 Å². The SMILES string of the molecule is O=C(C1CCCN(Cc2ccc(Br)cc2)C1)N1CCN(c2ccccc2F)CC1. The Labute approximate surface area is 180 Å². The van der Waals surface area contributed by atoms with Crippen LogP contribution in [0.5, 0.6) is 0 Å². The van der Waals surface area contributed by atoms with Gasteiger partial charge in [-0.2, -0.15) is 0 Å². The van der Waals surface area contributed by atoms with Crippen molar-refractivity contribution in [2.45, 2.75) is 19.4 Å². The fourth-order valence-electron chi connectivity index (χ4n) is 4.38. The third-order valence-corrected chi connectivity index (χ3v) is 6.49. The average molecular weight is 460 g/mol. The van der Waals surface area contributed by atoms with E-state index in [1.807, 2.05) is 21.9 Å². The van der Waals surface area contributed by atoms with Crippen molar-refractivity contribution in [2.24, 2.45) is 5.92 Å². The number of rotatable bonds is 4. The lowest BCUT2D eigenvalue weighted by atomic mass is 9.95. The Morgan fingerprint density at radius 1 is 1.00 bits per heavy atom. The van der Waals surface area contributed by atoms with Gasteiger partial charge in [0.2, 0.25) is 5.91 Å². The molecule has 2 aromatic rings. The van der Waals surface area contributed by atoms with Crippen LogP contribution in [-0.4, -0.2) is 55.0 Å². The predicted molar refractivity (Wildman–Crippen MR) is 117 cm³/mol. The highest BCUT2D eigenvalue weighted by Gasteiger charge is 2.31. The van der Waals surface area contributed by atoms with Gasteiger partial charge in [0.25, 0.3) is 0 Å². The third-order valence-electron chi connectivity index (χ3n) is 5.96. The maximum Gasteiger partial charge on any atom is 0.227 e. The third kappa shape index (κ3) is 4.98. The number of amides is 1. The summed E-state index contributed by atoms with van der Waals surface area (Å²) in [5, 5.41) is 0. The molecule has 4 rings (SSSR count). The molecule has 2 fully saturated rings. The molecule has 2 aromatic carbocycles. The van der Waals surface area contributed by atoms with Crippen molar-refractivity contribution in [1.82, 2.24) is 9.80 Å². The minimum absolute atomic E-state index is 0.0687. The summed E-state index contributed by atoms with van der Waals surface area (Å²) in [6, 6.07) is 15.3. The van der Waals surface area contributed by atoms with E-state index in [-0.39, 0.29) is 17.6 Å². The summed E-state index contributed by atoms with van der Waals surface area (Å²) in [5.74, 6) is 0.140. The molecule has 2 aliphatic rings. The molecule has 0 bridgehead atoms. The van der Waals surface area contributed by atoms with E-state index in [9.17, 15) is 9.18 Å². The number of halogens is 2. The topological polar surface area (TPSA) is 26.8 Å². The molecule has 29 heavy (non-hydrogen) atoms. The van der Waals surface area contributed by atoms with Gasteiger partial charge in [-0.25, -0.2) is 4.39 Å². The summed E-state index contributed by atoms with van der Waals surface area (Å²) in [6.45, 7) is 5.44. The zero-order chi connectivity index (χ0) is 20.2. The molecular formula is C23H27BrFN3O. The Kier molecular flexibility index (Phi) is 6.50. The van der Waals surface area contributed by atoms with Crippen LogP contribution in [0, 0.1) is 11.7 Å². The summed E-state index contributed by atoms with van der Waals surface area (Å²) < 4.78 is 15.1. The van der Waals surface area contributed by atoms with Gasteiger partial charge in [0.15, 0.2) is 0 Å². The minimum atomic E-state index is -0.192. The molecule has 0 N–H and O–H groups in total. The monoisotopic (exact) mass is 459 g/mol. The number of carbonyl (C=O) groups excluding carboxylic acids is 1. The van der Waals surface area contributed by atoms with Gasteiger partial charge in [-0.05, 0) is 49.2 Å². The maximum atomic E-state index is 14.0. The zero-order valence-corrected chi connectivity index (χ0v) is 18.2. The molecule has 0 saturated carbocycles. The van der Waals surface area contributed by atoms with Crippen molar-refractivity contribution >= 4 is 27.5 Å². The predicted octanol–water partition coefficient (Wildman–Crippen LogP) is 4.15. The van der Waals surface area contributed by atoms with E-state index < -0.39 is 0 Å². The van der Waals surface area contributed by atoms with Crippen LogP contribution in [0.3, 0.4) is 0 Å². The Balaban J connectivity index is 1.31. The Morgan fingerprint density at radius 2 is 1.72 bits per heavy atom. The molecule has 2 heterocycles. The first-order valence-electron chi connectivity index (χ1n) is 10.4. The number of hydrogen-bond donors (Lipinski definition) is 0. The molecule has 0 aliphatic carbocycles. The molecule has 1 amide bonds. The molecular weight excluding hydrogens is 433 g/mol. The van der Waals surface area contributed by atoms with E-state index in [1.165, 1.54) is 11.6 Å². The van der Waals surface area contributed by atoms with Gasteiger partial charge < -0.3 is 9.80 Å².